The molecule has 2 aliphatic rings. The molecule has 4 rings (SSSR count). The van der Waals surface area contributed by atoms with Gasteiger partial charge in [-0.3, -0.25) is 9.55 Å². The van der Waals surface area contributed by atoms with Crippen LogP contribution in [-0.2, 0) is 5.75 Å². The lowest BCUT2D eigenvalue weighted by Gasteiger charge is -2.17. The predicted octanol–water partition coefficient (Wildman–Crippen LogP) is 2.90. The van der Waals surface area contributed by atoms with Gasteiger partial charge in [-0.15, -0.1) is 10.2 Å². The topological polar surface area (TPSA) is 46.8 Å². The summed E-state index contributed by atoms with van der Waals surface area (Å²) in [5.74, 6) is 1.93. The number of pyridine rings is 1. The monoisotopic (exact) mass is 301 g/mol. The van der Waals surface area contributed by atoms with E-state index in [2.05, 4.69) is 30.7 Å². The van der Waals surface area contributed by atoms with Gasteiger partial charge in [0.1, 0.15) is 0 Å². The van der Waals surface area contributed by atoms with Gasteiger partial charge in [-0.05, 0) is 37.8 Å². The minimum atomic E-state index is 0.613. The second-order valence-corrected chi connectivity index (χ2v) is 6.63. The smallest absolute Gasteiger partial charge is 0.228 e. The molecule has 3 heterocycles. The zero-order chi connectivity index (χ0) is 14.1. The van der Waals surface area contributed by atoms with E-state index in [0.717, 1.165) is 35.6 Å². The molecular weight excluding hydrogens is 282 g/mol. The van der Waals surface area contributed by atoms with Crippen LogP contribution in [0.2, 0.25) is 0 Å². The zero-order valence-electron chi connectivity index (χ0n) is 12.0. The van der Waals surface area contributed by atoms with Crippen molar-refractivity contribution in [1.82, 2.24) is 19.7 Å². The molecule has 2 aromatic rings. The molecule has 2 fully saturated rings. The quantitative estimate of drug-likeness (QED) is 0.795. The first-order valence-electron chi connectivity index (χ1n) is 7.64. The van der Waals surface area contributed by atoms with E-state index in [-0.39, 0.29) is 0 Å². The van der Waals surface area contributed by atoms with Gasteiger partial charge < -0.3 is 4.90 Å². The van der Waals surface area contributed by atoms with Gasteiger partial charge in [-0.2, -0.15) is 0 Å². The van der Waals surface area contributed by atoms with E-state index in [1.54, 1.807) is 11.8 Å². The summed E-state index contributed by atoms with van der Waals surface area (Å²) in [5.41, 5.74) is 1.09. The molecule has 6 heteroatoms. The van der Waals surface area contributed by atoms with Crippen molar-refractivity contribution >= 4 is 17.7 Å². The van der Waals surface area contributed by atoms with Crippen molar-refractivity contribution in [2.45, 2.75) is 42.6 Å². The molecule has 1 saturated heterocycles. The summed E-state index contributed by atoms with van der Waals surface area (Å²) in [5, 5.41) is 9.96. The summed E-state index contributed by atoms with van der Waals surface area (Å²) in [6.07, 6.45) is 6.91. The van der Waals surface area contributed by atoms with Gasteiger partial charge in [0.2, 0.25) is 5.95 Å². The normalized spacial score (nSPS) is 18.4. The van der Waals surface area contributed by atoms with Crippen molar-refractivity contribution in [2.75, 3.05) is 18.0 Å². The molecule has 110 valence electrons. The highest BCUT2D eigenvalue weighted by Crippen LogP contribution is 2.41. The van der Waals surface area contributed by atoms with E-state index in [1.807, 2.05) is 18.3 Å². The molecule has 5 nitrogen and oxygen atoms in total. The minimum Gasteiger partial charge on any atom is -0.341 e. The second-order valence-electron chi connectivity index (χ2n) is 5.69. The maximum atomic E-state index is 4.47. The Hall–Kier alpha value is -1.56. The number of anilines is 1. The molecule has 0 N–H and O–H groups in total. The average molecular weight is 301 g/mol. The van der Waals surface area contributed by atoms with Crippen LogP contribution >= 0.6 is 11.8 Å². The van der Waals surface area contributed by atoms with Crippen LogP contribution < -0.4 is 4.90 Å². The van der Waals surface area contributed by atoms with Gasteiger partial charge in [0, 0.05) is 31.1 Å². The standard InChI is InChI=1S/C15H19N5S/c1-2-8-16-12(5-1)11-21-15-18-17-14(19-9-3-4-10-19)20(15)13-6-7-13/h1-2,5,8,13H,3-4,6-7,9-11H2. The van der Waals surface area contributed by atoms with E-state index in [1.165, 1.54) is 25.7 Å². The molecular formula is C15H19N5S. The highest BCUT2D eigenvalue weighted by atomic mass is 32.2. The van der Waals surface area contributed by atoms with Gasteiger partial charge in [-0.25, -0.2) is 0 Å². The number of hydrogen-bond donors (Lipinski definition) is 0. The Morgan fingerprint density at radius 2 is 2.00 bits per heavy atom. The molecule has 0 unspecified atom stereocenters. The lowest BCUT2D eigenvalue weighted by atomic mass is 10.4. The summed E-state index contributed by atoms with van der Waals surface area (Å²) < 4.78 is 2.36. The predicted molar refractivity (Wildman–Crippen MR) is 83.5 cm³/mol. The van der Waals surface area contributed by atoms with Crippen LogP contribution in [0.1, 0.15) is 37.4 Å². The molecule has 0 amide bonds. The molecule has 0 atom stereocenters. The van der Waals surface area contributed by atoms with Crippen molar-refractivity contribution < 1.29 is 0 Å². The number of thioether (sulfide) groups is 1. The number of rotatable bonds is 5. The van der Waals surface area contributed by atoms with Crippen LogP contribution in [0.5, 0.6) is 0 Å². The minimum absolute atomic E-state index is 0.613. The second kappa shape index (κ2) is 5.67. The molecule has 0 radical (unpaired) electrons. The van der Waals surface area contributed by atoms with Crippen LogP contribution in [0.3, 0.4) is 0 Å². The van der Waals surface area contributed by atoms with E-state index >= 15 is 0 Å². The first kappa shape index (κ1) is 13.1. The third kappa shape index (κ3) is 2.77. The van der Waals surface area contributed by atoms with Crippen molar-refractivity contribution in [1.29, 1.82) is 0 Å². The molecule has 2 aromatic heterocycles. The zero-order valence-corrected chi connectivity index (χ0v) is 12.8. The van der Waals surface area contributed by atoms with Crippen LogP contribution in [0.15, 0.2) is 29.6 Å². The van der Waals surface area contributed by atoms with E-state index in [9.17, 15) is 0 Å². The summed E-state index contributed by atoms with van der Waals surface area (Å²) in [7, 11) is 0. The van der Waals surface area contributed by atoms with Gasteiger partial charge in [-0.1, -0.05) is 17.8 Å². The first-order valence-corrected chi connectivity index (χ1v) is 8.63. The summed E-state index contributed by atoms with van der Waals surface area (Å²) in [6, 6.07) is 6.66. The van der Waals surface area contributed by atoms with Crippen molar-refractivity contribution in [3.63, 3.8) is 0 Å². The number of nitrogens with zero attached hydrogens (tertiary/aromatic N) is 5. The lowest BCUT2D eigenvalue weighted by Crippen LogP contribution is -2.22. The number of hydrogen-bond acceptors (Lipinski definition) is 5. The molecule has 1 aliphatic heterocycles. The van der Waals surface area contributed by atoms with Crippen molar-refractivity contribution in [2.24, 2.45) is 0 Å². The molecule has 21 heavy (non-hydrogen) atoms. The third-order valence-electron chi connectivity index (χ3n) is 4.02. The Morgan fingerprint density at radius 3 is 2.71 bits per heavy atom. The van der Waals surface area contributed by atoms with Crippen molar-refractivity contribution in [3.05, 3.63) is 30.1 Å². The summed E-state index contributed by atoms with van der Waals surface area (Å²) in [6.45, 7) is 2.24. The van der Waals surface area contributed by atoms with E-state index in [4.69, 9.17) is 0 Å². The molecule has 0 aromatic carbocycles. The third-order valence-corrected chi connectivity index (χ3v) is 5.00. The summed E-state index contributed by atoms with van der Waals surface area (Å²) >= 11 is 1.75. The molecule has 1 saturated carbocycles. The Balaban J connectivity index is 1.54. The Morgan fingerprint density at radius 1 is 1.14 bits per heavy atom. The molecule has 1 aliphatic carbocycles. The van der Waals surface area contributed by atoms with Gasteiger partial charge >= 0.3 is 0 Å². The van der Waals surface area contributed by atoms with Crippen LogP contribution in [-0.4, -0.2) is 32.8 Å². The number of aromatic nitrogens is 4. The Bertz CT molecular complexity index is 602. The maximum absolute atomic E-state index is 4.47. The van der Waals surface area contributed by atoms with Crippen LogP contribution in [0, 0.1) is 0 Å². The summed E-state index contributed by atoms with van der Waals surface area (Å²) in [4.78, 5) is 6.76. The van der Waals surface area contributed by atoms with Crippen molar-refractivity contribution in [3.8, 4) is 0 Å². The van der Waals surface area contributed by atoms with Gasteiger partial charge in [0.25, 0.3) is 0 Å². The van der Waals surface area contributed by atoms with E-state index in [0.29, 0.717) is 6.04 Å². The SMILES string of the molecule is c1ccc(CSc2nnc(N3CCCC3)n2C2CC2)nc1. The Labute approximate surface area is 128 Å². The van der Waals surface area contributed by atoms with Gasteiger partial charge in [0.05, 0.1) is 5.69 Å². The highest BCUT2D eigenvalue weighted by Gasteiger charge is 2.32. The Kier molecular flexibility index (Phi) is 3.55. The van der Waals surface area contributed by atoms with E-state index < -0.39 is 0 Å². The fraction of sp³-hybridized carbons (Fsp3) is 0.533. The van der Waals surface area contributed by atoms with Crippen LogP contribution in [0.25, 0.3) is 0 Å². The van der Waals surface area contributed by atoms with Gasteiger partial charge in [0.15, 0.2) is 5.16 Å². The average Bonchev–Trinajstić information content (AvgIpc) is 3.05. The maximum Gasteiger partial charge on any atom is 0.228 e. The van der Waals surface area contributed by atoms with Crippen LogP contribution in [0.4, 0.5) is 5.95 Å². The lowest BCUT2D eigenvalue weighted by molar-refractivity contribution is 0.651. The fourth-order valence-corrected chi connectivity index (χ4v) is 3.69. The molecule has 0 bridgehead atoms. The first-order chi connectivity index (χ1) is 10.4. The molecule has 0 spiro atoms. The highest BCUT2D eigenvalue weighted by molar-refractivity contribution is 7.98. The fourth-order valence-electron chi connectivity index (χ4n) is 2.77. The largest absolute Gasteiger partial charge is 0.341 e.